The van der Waals surface area contributed by atoms with E-state index in [0.29, 0.717) is 18.8 Å². The fourth-order valence-electron chi connectivity index (χ4n) is 1.74. The molecule has 1 aromatic rings. The van der Waals surface area contributed by atoms with Gasteiger partial charge in [0.05, 0.1) is 13.2 Å². The van der Waals surface area contributed by atoms with Gasteiger partial charge < -0.3 is 9.47 Å². The van der Waals surface area contributed by atoms with E-state index in [4.69, 9.17) is 4.74 Å². The minimum atomic E-state index is -4.66. The zero-order valence-electron chi connectivity index (χ0n) is 8.67. The lowest BCUT2D eigenvalue weighted by Crippen LogP contribution is -2.44. The summed E-state index contributed by atoms with van der Waals surface area (Å²) in [6, 6.07) is 6.19. The highest BCUT2D eigenvalue weighted by atomic mass is 19.4. The maximum absolute atomic E-state index is 12.2. The molecule has 0 bridgehead atoms. The average Bonchev–Trinajstić information content (AvgIpc) is 2.12. The predicted octanol–water partition coefficient (Wildman–Crippen LogP) is 2.87. The molecule has 1 aromatic carbocycles. The van der Waals surface area contributed by atoms with E-state index in [0.717, 1.165) is 0 Å². The summed E-state index contributed by atoms with van der Waals surface area (Å²) in [7, 11) is 0. The van der Waals surface area contributed by atoms with Gasteiger partial charge in [-0.25, -0.2) is 0 Å². The number of halogens is 3. The molecular weight excluding hydrogens is 221 g/mol. The topological polar surface area (TPSA) is 18.5 Å². The molecule has 0 atom stereocenters. The van der Waals surface area contributed by atoms with Gasteiger partial charge in [-0.2, -0.15) is 0 Å². The normalized spacial score (nSPS) is 19.0. The van der Waals surface area contributed by atoms with Gasteiger partial charge in [-0.15, -0.1) is 13.2 Å². The highest BCUT2D eigenvalue weighted by Crippen LogP contribution is 2.39. The van der Waals surface area contributed by atoms with Gasteiger partial charge in [-0.1, -0.05) is 25.1 Å². The Morgan fingerprint density at radius 1 is 1.25 bits per heavy atom. The maximum atomic E-state index is 12.2. The van der Waals surface area contributed by atoms with E-state index in [-0.39, 0.29) is 11.2 Å². The lowest BCUT2D eigenvalue weighted by Gasteiger charge is -2.39. The first-order valence-corrected chi connectivity index (χ1v) is 4.84. The Morgan fingerprint density at radius 2 is 1.88 bits per heavy atom. The van der Waals surface area contributed by atoms with Crippen molar-refractivity contribution < 1.29 is 22.6 Å². The highest BCUT2D eigenvalue weighted by Gasteiger charge is 2.40. The van der Waals surface area contributed by atoms with Crippen LogP contribution in [-0.4, -0.2) is 19.6 Å². The van der Waals surface area contributed by atoms with Crippen molar-refractivity contribution in [3.8, 4) is 5.75 Å². The highest BCUT2D eigenvalue weighted by molar-refractivity contribution is 5.40. The molecule has 0 radical (unpaired) electrons. The molecule has 88 valence electrons. The van der Waals surface area contributed by atoms with E-state index in [2.05, 4.69) is 4.74 Å². The molecule has 2 rings (SSSR count). The Hall–Kier alpha value is -1.23. The summed E-state index contributed by atoms with van der Waals surface area (Å²) in [5, 5.41) is 0. The molecule has 0 saturated carbocycles. The third kappa shape index (κ3) is 2.14. The van der Waals surface area contributed by atoms with Gasteiger partial charge in [-0.3, -0.25) is 0 Å². The molecule has 0 aliphatic carbocycles. The van der Waals surface area contributed by atoms with Crippen molar-refractivity contribution in [1.29, 1.82) is 0 Å². The minimum absolute atomic E-state index is 0.138. The molecule has 5 heteroatoms. The van der Waals surface area contributed by atoms with Crippen LogP contribution in [-0.2, 0) is 10.2 Å². The summed E-state index contributed by atoms with van der Waals surface area (Å²) in [6.07, 6.45) is -4.66. The van der Waals surface area contributed by atoms with Crippen LogP contribution in [0.5, 0.6) is 5.75 Å². The Kier molecular flexibility index (Phi) is 2.58. The van der Waals surface area contributed by atoms with E-state index >= 15 is 0 Å². The number of benzene rings is 1. The molecule has 2 nitrogen and oxygen atoms in total. The van der Waals surface area contributed by atoms with E-state index < -0.39 is 6.36 Å². The first kappa shape index (κ1) is 11.3. The minimum Gasteiger partial charge on any atom is -0.405 e. The molecule has 1 aliphatic heterocycles. The molecule has 0 spiro atoms. The van der Waals surface area contributed by atoms with Gasteiger partial charge >= 0.3 is 6.36 Å². The van der Waals surface area contributed by atoms with Crippen LogP contribution < -0.4 is 4.74 Å². The van der Waals surface area contributed by atoms with Gasteiger partial charge in [-0.05, 0) is 6.07 Å². The molecule has 0 unspecified atom stereocenters. The van der Waals surface area contributed by atoms with Gasteiger partial charge in [0, 0.05) is 11.0 Å². The number of ether oxygens (including phenoxy) is 2. The Morgan fingerprint density at radius 3 is 2.38 bits per heavy atom. The first-order chi connectivity index (χ1) is 7.41. The SMILES string of the molecule is CC1(c2ccccc2OC(F)(F)F)COC1. The first-order valence-electron chi connectivity index (χ1n) is 4.84. The number of rotatable bonds is 2. The average molecular weight is 232 g/mol. The Labute approximate surface area is 91.0 Å². The molecule has 1 saturated heterocycles. The van der Waals surface area contributed by atoms with Crippen LogP contribution in [0.4, 0.5) is 13.2 Å². The predicted molar refractivity (Wildman–Crippen MR) is 51.3 cm³/mol. The molecule has 16 heavy (non-hydrogen) atoms. The number of hydrogen-bond acceptors (Lipinski definition) is 2. The summed E-state index contributed by atoms with van der Waals surface area (Å²) in [5.41, 5.74) is 0.167. The molecule has 0 amide bonds. The number of para-hydroxylation sites is 1. The van der Waals surface area contributed by atoms with Crippen molar-refractivity contribution in [3.63, 3.8) is 0 Å². The van der Waals surface area contributed by atoms with Crippen LogP contribution in [0.3, 0.4) is 0 Å². The van der Waals surface area contributed by atoms with Gasteiger partial charge in [0.25, 0.3) is 0 Å². The third-order valence-electron chi connectivity index (χ3n) is 2.60. The monoisotopic (exact) mass is 232 g/mol. The lowest BCUT2D eigenvalue weighted by molar-refractivity contribution is -0.275. The van der Waals surface area contributed by atoms with Crippen molar-refractivity contribution in [2.75, 3.05) is 13.2 Å². The summed E-state index contributed by atoms with van der Waals surface area (Å²) >= 11 is 0. The second-order valence-electron chi connectivity index (χ2n) is 4.10. The summed E-state index contributed by atoms with van der Waals surface area (Å²) in [5.74, 6) is -0.138. The smallest absolute Gasteiger partial charge is 0.405 e. The van der Waals surface area contributed by atoms with E-state index in [1.54, 1.807) is 12.1 Å². The fourth-order valence-corrected chi connectivity index (χ4v) is 1.74. The second kappa shape index (κ2) is 3.66. The Bertz CT molecular complexity index is 383. The molecule has 0 N–H and O–H groups in total. The summed E-state index contributed by atoms with van der Waals surface area (Å²) < 4.78 is 45.6. The van der Waals surface area contributed by atoms with E-state index in [1.165, 1.54) is 12.1 Å². The van der Waals surface area contributed by atoms with E-state index in [1.807, 2.05) is 6.92 Å². The zero-order valence-corrected chi connectivity index (χ0v) is 8.67. The van der Waals surface area contributed by atoms with Gasteiger partial charge in [0.1, 0.15) is 5.75 Å². The molecular formula is C11H11F3O2. The van der Waals surface area contributed by atoms with Crippen molar-refractivity contribution in [1.82, 2.24) is 0 Å². The van der Waals surface area contributed by atoms with E-state index in [9.17, 15) is 13.2 Å². The lowest BCUT2D eigenvalue weighted by atomic mass is 9.80. The number of alkyl halides is 3. The molecule has 0 aromatic heterocycles. The van der Waals surface area contributed by atoms with Crippen molar-refractivity contribution in [2.45, 2.75) is 18.7 Å². The quantitative estimate of drug-likeness (QED) is 0.780. The van der Waals surface area contributed by atoms with Gasteiger partial charge in [0.15, 0.2) is 0 Å². The van der Waals surface area contributed by atoms with Crippen molar-refractivity contribution in [3.05, 3.63) is 29.8 Å². The van der Waals surface area contributed by atoms with Crippen LogP contribution >= 0.6 is 0 Å². The molecule has 1 heterocycles. The second-order valence-corrected chi connectivity index (χ2v) is 4.10. The summed E-state index contributed by atoms with van der Waals surface area (Å²) in [6.45, 7) is 2.70. The van der Waals surface area contributed by atoms with Gasteiger partial charge in [0.2, 0.25) is 0 Å². The van der Waals surface area contributed by atoms with Crippen molar-refractivity contribution >= 4 is 0 Å². The standard InChI is InChI=1S/C11H11F3O2/c1-10(6-15-7-10)8-4-2-3-5-9(8)16-11(12,13)14/h2-5H,6-7H2,1H3. The van der Waals surface area contributed by atoms with Crippen LogP contribution in [0.25, 0.3) is 0 Å². The molecule has 1 aliphatic rings. The van der Waals surface area contributed by atoms with Crippen LogP contribution in [0.15, 0.2) is 24.3 Å². The van der Waals surface area contributed by atoms with Crippen LogP contribution in [0, 0.1) is 0 Å². The number of hydrogen-bond donors (Lipinski definition) is 0. The largest absolute Gasteiger partial charge is 0.573 e. The fraction of sp³-hybridized carbons (Fsp3) is 0.455. The zero-order chi connectivity index (χ0) is 11.8. The van der Waals surface area contributed by atoms with Crippen LogP contribution in [0.2, 0.25) is 0 Å². The molecule has 1 fully saturated rings. The third-order valence-corrected chi connectivity index (χ3v) is 2.60. The Balaban J connectivity index is 2.31. The maximum Gasteiger partial charge on any atom is 0.573 e. The van der Waals surface area contributed by atoms with Crippen molar-refractivity contribution in [2.24, 2.45) is 0 Å². The summed E-state index contributed by atoms with van der Waals surface area (Å²) in [4.78, 5) is 0. The van der Waals surface area contributed by atoms with Crippen LogP contribution in [0.1, 0.15) is 12.5 Å².